The topological polar surface area (TPSA) is 83.6 Å². The third-order valence-corrected chi connectivity index (χ3v) is 3.44. The zero-order chi connectivity index (χ0) is 15.8. The molecule has 0 aliphatic rings. The van der Waals surface area contributed by atoms with Crippen LogP contribution in [0, 0.1) is 0 Å². The number of carbonyl (C=O) groups is 2. The van der Waals surface area contributed by atoms with Crippen LogP contribution in [-0.2, 0) is 9.59 Å². The van der Waals surface area contributed by atoms with E-state index in [1.807, 2.05) is 25.7 Å². The quantitative estimate of drug-likeness (QED) is 0.604. The van der Waals surface area contributed by atoms with Gasteiger partial charge in [0.1, 0.15) is 6.04 Å². The standard InChI is InChI=1S/C15H30N2O3/c1-5-6-7-8-11-17(15(2,3)4)12(14(19)20)9-10-13(16)18/h12H,5-11H2,1-4H3,(H2,16,18)(H,19,20)/t12-/m0/s1. The number of unbranched alkanes of at least 4 members (excludes halogenated alkanes) is 3. The molecule has 0 bridgehead atoms. The highest BCUT2D eigenvalue weighted by molar-refractivity contribution is 5.77. The molecule has 3 N–H and O–H groups in total. The second-order valence-electron chi connectivity index (χ2n) is 6.28. The van der Waals surface area contributed by atoms with Crippen molar-refractivity contribution in [3.8, 4) is 0 Å². The van der Waals surface area contributed by atoms with Crippen molar-refractivity contribution < 1.29 is 14.7 Å². The molecule has 0 aromatic rings. The molecule has 0 aliphatic heterocycles. The average Bonchev–Trinajstić information content (AvgIpc) is 2.29. The molecule has 0 spiro atoms. The van der Waals surface area contributed by atoms with Crippen LogP contribution in [-0.4, -0.2) is 40.0 Å². The number of nitrogens with two attached hydrogens (primary N) is 1. The van der Waals surface area contributed by atoms with Gasteiger partial charge in [0.25, 0.3) is 0 Å². The Morgan fingerprint density at radius 3 is 2.20 bits per heavy atom. The number of amides is 1. The third-order valence-electron chi connectivity index (χ3n) is 3.44. The molecule has 0 aromatic carbocycles. The van der Waals surface area contributed by atoms with Gasteiger partial charge in [0.2, 0.25) is 5.91 Å². The smallest absolute Gasteiger partial charge is 0.320 e. The van der Waals surface area contributed by atoms with Crippen LogP contribution in [0.5, 0.6) is 0 Å². The average molecular weight is 286 g/mol. The van der Waals surface area contributed by atoms with Crippen molar-refractivity contribution in [2.45, 2.75) is 77.8 Å². The zero-order valence-corrected chi connectivity index (χ0v) is 13.3. The Morgan fingerprint density at radius 2 is 1.80 bits per heavy atom. The minimum absolute atomic E-state index is 0.110. The van der Waals surface area contributed by atoms with Crippen LogP contribution in [0.25, 0.3) is 0 Å². The fourth-order valence-corrected chi connectivity index (χ4v) is 2.36. The van der Waals surface area contributed by atoms with Crippen molar-refractivity contribution in [2.24, 2.45) is 5.73 Å². The van der Waals surface area contributed by atoms with Crippen LogP contribution >= 0.6 is 0 Å². The summed E-state index contributed by atoms with van der Waals surface area (Å²) in [5.74, 6) is -1.33. The monoisotopic (exact) mass is 286 g/mol. The summed E-state index contributed by atoms with van der Waals surface area (Å²) in [6.45, 7) is 8.90. The molecule has 118 valence electrons. The second kappa shape index (κ2) is 8.95. The molecule has 0 rings (SSSR count). The molecule has 0 saturated heterocycles. The Morgan fingerprint density at radius 1 is 1.20 bits per heavy atom. The molecule has 0 aliphatic carbocycles. The van der Waals surface area contributed by atoms with E-state index in [1.165, 1.54) is 0 Å². The van der Waals surface area contributed by atoms with Crippen LogP contribution in [0.2, 0.25) is 0 Å². The van der Waals surface area contributed by atoms with E-state index in [2.05, 4.69) is 6.92 Å². The van der Waals surface area contributed by atoms with Gasteiger partial charge in [-0.2, -0.15) is 0 Å². The summed E-state index contributed by atoms with van der Waals surface area (Å²) in [7, 11) is 0. The van der Waals surface area contributed by atoms with E-state index in [0.29, 0.717) is 0 Å². The number of hydrogen-bond donors (Lipinski definition) is 2. The maximum absolute atomic E-state index is 11.5. The lowest BCUT2D eigenvalue weighted by Crippen LogP contribution is -2.52. The fourth-order valence-electron chi connectivity index (χ4n) is 2.36. The van der Waals surface area contributed by atoms with Gasteiger partial charge >= 0.3 is 5.97 Å². The Hall–Kier alpha value is -1.10. The largest absolute Gasteiger partial charge is 0.480 e. The zero-order valence-electron chi connectivity index (χ0n) is 13.3. The lowest BCUT2D eigenvalue weighted by Gasteiger charge is -2.40. The molecule has 5 nitrogen and oxygen atoms in total. The molecule has 0 fully saturated rings. The minimum Gasteiger partial charge on any atom is -0.480 e. The maximum Gasteiger partial charge on any atom is 0.320 e. The number of carboxylic acids is 1. The SMILES string of the molecule is CCCCCCN([C@@H](CCC(N)=O)C(=O)O)C(C)(C)C. The lowest BCUT2D eigenvalue weighted by atomic mass is 9.98. The van der Waals surface area contributed by atoms with Gasteiger partial charge in [-0.15, -0.1) is 0 Å². The molecule has 0 aromatic heterocycles. The van der Waals surface area contributed by atoms with E-state index in [1.54, 1.807) is 0 Å². The highest BCUT2D eigenvalue weighted by atomic mass is 16.4. The Balaban J connectivity index is 4.75. The van der Waals surface area contributed by atoms with Crippen molar-refractivity contribution in [2.75, 3.05) is 6.54 Å². The van der Waals surface area contributed by atoms with E-state index >= 15 is 0 Å². The van der Waals surface area contributed by atoms with Crippen molar-refractivity contribution in [1.82, 2.24) is 4.90 Å². The summed E-state index contributed by atoms with van der Waals surface area (Å²) in [5.41, 5.74) is 4.90. The van der Waals surface area contributed by atoms with E-state index in [9.17, 15) is 14.7 Å². The first kappa shape index (κ1) is 18.9. The van der Waals surface area contributed by atoms with Crippen LogP contribution in [0.1, 0.15) is 66.2 Å². The highest BCUT2D eigenvalue weighted by Crippen LogP contribution is 2.21. The maximum atomic E-state index is 11.5. The summed E-state index contributed by atoms with van der Waals surface area (Å²) in [4.78, 5) is 24.4. The minimum atomic E-state index is -0.878. The van der Waals surface area contributed by atoms with Crippen molar-refractivity contribution in [1.29, 1.82) is 0 Å². The van der Waals surface area contributed by atoms with Crippen LogP contribution in [0.4, 0.5) is 0 Å². The number of aliphatic carboxylic acids is 1. The predicted octanol–water partition coefficient (Wildman–Crippen LogP) is 2.39. The van der Waals surface area contributed by atoms with Crippen LogP contribution in [0.15, 0.2) is 0 Å². The van der Waals surface area contributed by atoms with Gasteiger partial charge in [0, 0.05) is 12.0 Å². The van der Waals surface area contributed by atoms with Crippen molar-refractivity contribution in [3.05, 3.63) is 0 Å². The third kappa shape index (κ3) is 7.48. The fraction of sp³-hybridized carbons (Fsp3) is 0.867. The molecular formula is C15H30N2O3. The molecule has 0 radical (unpaired) electrons. The first-order valence-electron chi connectivity index (χ1n) is 7.48. The van der Waals surface area contributed by atoms with Crippen molar-refractivity contribution >= 4 is 11.9 Å². The summed E-state index contributed by atoms with van der Waals surface area (Å²) in [6.07, 6.45) is 4.78. The number of nitrogens with zero attached hydrogens (tertiary/aromatic N) is 1. The molecule has 0 heterocycles. The molecule has 1 atom stereocenters. The number of hydrogen-bond acceptors (Lipinski definition) is 3. The normalized spacial score (nSPS) is 13.4. The summed E-state index contributed by atoms with van der Waals surface area (Å²) < 4.78 is 0. The number of carboxylic acid groups (broad SMARTS) is 1. The predicted molar refractivity (Wildman–Crippen MR) is 80.5 cm³/mol. The second-order valence-corrected chi connectivity index (χ2v) is 6.28. The molecule has 0 unspecified atom stereocenters. The number of rotatable bonds is 10. The Labute approximate surface area is 122 Å². The number of carbonyl (C=O) groups excluding carboxylic acids is 1. The molecule has 1 amide bonds. The summed E-state index contributed by atoms with van der Waals surface area (Å²) >= 11 is 0. The van der Waals surface area contributed by atoms with Gasteiger partial charge in [0.15, 0.2) is 0 Å². The molecule has 0 saturated carbocycles. The van der Waals surface area contributed by atoms with E-state index in [4.69, 9.17) is 5.73 Å². The first-order chi connectivity index (χ1) is 9.20. The first-order valence-corrected chi connectivity index (χ1v) is 7.48. The van der Waals surface area contributed by atoms with Gasteiger partial charge in [-0.1, -0.05) is 26.2 Å². The van der Waals surface area contributed by atoms with Gasteiger partial charge in [-0.25, -0.2) is 0 Å². The molecule has 20 heavy (non-hydrogen) atoms. The van der Waals surface area contributed by atoms with Gasteiger partial charge < -0.3 is 10.8 Å². The van der Waals surface area contributed by atoms with E-state index in [0.717, 1.165) is 32.2 Å². The van der Waals surface area contributed by atoms with E-state index in [-0.39, 0.29) is 18.4 Å². The van der Waals surface area contributed by atoms with E-state index < -0.39 is 17.9 Å². The summed E-state index contributed by atoms with van der Waals surface area (Å²) in [5, 5.41) is 9.43. The van der Waals surface area contributed by atoms with Crippen LogP contribution in [0.3, 0.4) is 0 Å². The number of primary amides is 1. The van der Waals surface area contributed by atoms with Crippen molar-refractivity contribution in [3.63, 3.8) is 0 Å². The summed E-state index contributed by atoms with van der Waals surface area (Å²) in [6, 6.07) is -0.649. The van der Waals surface area contributed by atoms with Gasteiger partial charge in [0.05, 0.1) is 0 Å². The lowest BCUT2D eigenvalue weighted by molar-refractivity contribution is -0.146. The van der Waals surface area contributed by atoms with Gasteiger partial charge in [-0.05, 0) is 40.2 Å². The molecular weight excluding hydrogens is 256 g/mol. The Kier molecular flexibility index (Phi) is 8.46. The van der Waals surface area contributed by atoms with Gasteiger partial charge in [-0.3, -0.25) is 14.5 Å². The Bertz CT molecular complexity index is 311. The van der Waals surface area contributed by atoms with Crippen LogP contribution < -0.4 is 5.73 Å². The highest BCUT2D eigenvalue weighted by Gasteiger charge is 2.33. The molecule has 5 heteroatoms.